The first-order valence-electron chi connectivity index (χ1n) is 4.21. The van der Waals surface area contributed by atoms with Gasteiger partial charge in [0.15, 0.2) is 11.6 Å². The van der Waals surface area contributed by atoms with Crippen LogP contribution in [0.2, 0.25) is 0 Å². The Morgan fingerprint density at radius 3 is 3.15 bits per heavy atom. The van der Waals surface area contributed by atoms with E-state index in [1.165, 1.54) is 0 Å². The van der Waals surface area contributed by atoms with Crippen LogP contribution in [0.15, 0.2) is 0 Å². The van der Waals surface area contributed by atoms with Gasteiger partial charge in [-0.2, -0.15) is 10.4 Å². The van der Waals surface area contributed by atoms with Gasteiger partial charge in [0.1, 0.15) is 6.61 Å². The average molecular weight is 180 g/mol. The number of hydrogen-bond donors (Lipinski definition) is 1. The minimum Gasteiger partial charge on any atom is -0.373 e. The molecular weight excluding hydrogens is 168 g/mol. The number of aromatic amines is 1. The SMILES string of the molecule is CCCOCc1nc(CC#N)n[nH]1. The van der Waals surface area contributed by atoms with Crippen LogP contribution in [0.3, 0.4) is 0 Å². The van der Waals surface area contributed by atoms with Crippen molar-refractivity contribution in [1.29, 1.82) is 5.26 Å². The number of ether oxygens (including phenoxy) is 1. The second kappa shape index (κ2) is 5.27. The van der Waals surface area contributed by atoms with Crippen LogP contribution in [0, 0.1) is 11.3 Å². The molecule has 0 amide bonds. The molecule has 0 aliphatic heterocycles. The van der Waals surface area contributed by atoms with Crippen LogP contribution in [-0.2, 0) is 17.8 Å². The van der Waals surface area contributed by atoms with Crippen LogP contribution in [0.1, 0.15) is 25.0 Å². The van der Waals surface area contributed by atoms with E-state index in [0.717, 1.165) is 6.42 Å². The van der Waals surface area contributed by atoms with Crippen LogP contribution in [0.25, 0.3) is 0 Å². The molecule has 13 heavy (non-hydrogen) atoms. The third-order valence-electron chi connectivity index (χ3n) is 1.40. The van der Waals surface area contributed by atoms with Crippen molar-refractivity contribution in [2.24, 2.45) is 0 Å². The zero-order valence-corrected chi connectivity index (χ0v) is 7.58. The highest BCUT2D eigenvalue weighted by Gasteiger charge is 2.01. The number of nitrogens with zero attached hydrogens (tertiary/aromatic N) is 3. The van der Waals surface area contributed by atoms with Crippen LogP contribution >= 0.6 is 0 Å². The second-order valence-electron chi connectivity index (χ2n) is 2.59. The average Bonchev–Trinajstić information content (AvgIpc) is 2.54. The highest BCUT2D eigenvalue weighted by molar-refractivity contribution is 4.95. The summed E-state index contributed by atoms with van der Waals surface area (Å²) in [5.41, 5.74) is 0. The summed E-state index contributed by atoms with van der Waals surface area (Å²) in [5, 5.41) is 14.9. The van der Waals surface area contributed by atoms with Gasteiger partial charge in [0.25, 0.3) is 0 Å². The lowest BCUT2D eigenvalue weighted by Gasteiger charge is -1.96. The molecule has 1 rings (SSSR count). The maximum absolute atomic E-state index is 8.37. The summed E-state index contributed by atoms with van der Waals surface area (Å²) in [6.07, 6.45) is 1.23. The number of hydrogen-bond acceptors (Lipinski definition) is 4. The zero-order chi connectivity index (χ0) is 9.52. The Hall–Kier alpha value is -1.41. The minimum atomic E-state index is 0.240. The van der Waals surface area contributed by atoms with Crippen molar-refractivity contribution in [3.05, 3.63) is 11.6 Å². The van der Waals surface area contributed by atoms with E-state index < -0.39 is 0 Å². The first-order valence-corrected chi connectivity index (χ1v) is 4.21. The number of aromatic nitrogens is 3. The van der Waals surface area contributed by atoms with Crippen molar-refractivity contribution >= 4 is 0 Å². The summed E-state index contributed by atoms with van der Waals surface area (Å²) in [7, 11) is 0. The van der Waals surface area contributed by atoms with Crippen molar-refractivity contribution in [1.82, 2.24) is 15.2 Å². The summed E-state index contributed by atoms with van der Waals surface area (Å²) in [5.74, 6) is 1.20. The Labute approximate surface area is 76.7 Å². The normalized spacial score (nSPS) is 9.85. The number of nitriles is 1. The van der Waals surface area contributed by atoms with Gasteiger partial charge in [0.05, 0.1) is 12.5 Å². The third-order valence-corrected chi connectivity index (χ3v) is 1.40. The summed E-state index contributed by atoms with van der Waals surface area (Å²) in [6, 6.07) is 1.98. The largest absolute Gasteiger partial charge is 0.373 e. The molecule has 0 saturated heterocycles. The minimum absolute atomic E-state index is 0.240. The molecule has 0 atom stereocenters. The van der Waals surface area contributed by atoms with E-state index in [9.17, 15) is 0 Å². The first-order chi connectivity index (χ1) is 6.36. The molecule has 0 unspecified atom stereocenters. The highest BCUT2D eigenvalue weighted by Crippen LogP contribution is 1.95. The molecule has 0 aliphatic carbocycles. The molecule has 0 spiro atoms. The molecule has 0 radical (unpaired) electrons. The molecule has 0 aromatic carbocycles. The quantitative estimate of drug-likeness (QED) is 0.680. The van der Waals surface area contributed by atoms with Gasteiger partial charge < -0.3 is 4.74 Å². The van der Waals surface area contributed by atoms with E-state index in [4.69, 9.17) is 10.00 Å². The lowest BCUT2D eigenvalue weighted by Crippen LogP contribution is -1.96. The maximum Gasteiger partial charge on any atom is 0.164 e. The molecule has 1 N–H and O–H groups in total. The van der Waals surface area contributed by atoms with Gasteiger partial charge in [-0.15, -0.1) is 0 Å². The molecule has 0 aliphatic rings. The van der Waals surface area contributed by atoms with Gasteiger partial charge in [-0.3, -0.25) is 5.10 Å². The van der Waals surface area contributed by atoms with Gasteiger partial charge in [0.2, 0.25) is 0 Å². The van der Waals surface area contributed by atoms with Crippen molar-refractivity contribution in [2.75, 3.05) is 6.61 Å². The van der Waals surface area contributed by atoms with Gasteiger partial charge in [-0.05, 0) is 6.42 Å². The third kappa shape index (κ3) is 3.22. The first kappa shape index (κ1) is 9.68. The summed E-state index contributed by atoms with van der Waals surface area (Å²) >= 11 is 0. The molecular formula is C8H12N4O. The summed E-state index contributed by atoms with van der Waals surface area (Å²) < 4.78 is 5.24. The Bertz CT molecular complexity index is 289. The standard InChI is InChI=1S/C8H12N4O/c1-2-5-13-6-8-10-7(3-4-9)11-12-8/h2-3,5-6H2,1H3,(H,10,11,12). The molecule has 5 nitrogen and oxygen atoms in total. The fourth-order valence-corrected chi connectivity index (χ4v) is 0.862. The maximum atomic E-state index is 8.37. The predicted molar refractivity (Wildman–Crippen MR) is 45.6 cm³/mol. The molecule has 0 saturated carbocycles. The van der Waals surface area contributed by atoms with E-state index in [0.29, 0.717) is 24.9 Å². The summed E-state index contributed by atoms with van der Waals surface area (Å²) in [4.78, 5) is 4.06. The predicted octanol–water partition coefficient (Wildman–Crippen LogP) is 0.797. The lowest BCUT2D eigenvalue weighted by atomic mass is 10.4. The molecule has 5 heteroatoms. The lowest BCUT2D eigenvalue weighted by molar-refractivity contribution is 0.116. The molecule has 1 aromatic heterocycles. The fourth-order valence-electron chi connectivity index (χ4n) is 0.862. The Kier molecular flexibility index (Phi) is 3.93. The van der Waals surface area contributed by atoms with Gasteiger partial charge >= 0.3 is 0 Å². The van der Waals surface area contributed by atoms with Crippen LogP contribution in [0.4, 0.5) is 0 Å². The second-order valence-corrected chi connectivity index (χ2v) is 2.59. The monoisotopic (exact) mass is 180 g/mol. The highest BCUT2D eigenvalue weighted by atomic mass is 16.5. The van der Waals surface area contributed by atoms with Crippen molar-refractivity contribution < 1.29 is 4.74 Å². The summed E-state index contributed by atoms with van der Waals surface area (Å²) in [6.45, 7) is 3.20. The van der Waals surface area contributed by atoms with E-state index in [1.54, 1.807) is 0 Å². The number of rotatable bonds is 5. The van der Waals surface area contributed by atoms with Gasteiger partial charge in [0, 0.05) is 6.61 Å². The van der Waals surface area contributed by atoms with Crippen LogP contribution in [-0.4, -0.2) is 21.8 Å². The molecule has 1 heterocycles. The Morgan fingerprint density at radius 2 is 2.46 bits per heavy atom. The number of nitrogens with one attached hydrogen (secondary N) is 1. The molecule has 0 bridgehead atoms. The Balaban J connectivity index is 2.36. The van der Waals surface area contributed by atoms with Crippen molar-refractivity contribution in [3.8, 4) is 6.07 Å². The van der Waals surface area contributed by atoms with Gasteiger partial charge in [-0.25, -0.2) is 4.98 Å². The van der Waals surface area contributed by atoms with E-state index >= 15 is 0 Å². The topological polar surface area (TPSA) is 74.6 Å². The molecule has 1 aromatic rings. The van der Waals surface area contributed by atoms with E-state index in [1.807, 2.05) is 13.0 Å². The van der Waals surface area contributed by atoms with Crippen molar-refractivity contribution in [2.45, 2.75) is 26.4 Å². The fraction of sp³-hybridized carbons (Fsp3) is 0.625. The van der Waals surface area contributed by atoms with Crippen LogP contribution in [0.5, 0.6) is 0 Å². The zero-order valence-electron chi connectivity index (χ0n) is 7.58. The van der Waals surface area contributed by atoms with E-state index in [-0.39, 0.29) is 6.42 Å². The van der Waals surface area contributed by atoms with Crippen LogP contribution < -0.4 is 0 Å². The molecule has 0 fully saturated rings. The van der Waals surface area contributed by atoms with E-state index in [2.05, 4.69) is 15.2 Å². The van der Waals surface area contributed by atoms with Crippen molar-refractivity contribution in [3.63, 3.8) is 0 Å². The Morgan fingerprint density at radius 1 is 1.62 bits per heavy atom. The smallest absolute Gasteiger partial charge is 0.164 e. The van der Waals surface area contributed by atoms with Gasteiger partial charge in [-0.1, -0.05) is 6.92 Å². The molecule has 70 valence electrons. The number of H-pyrrole nitrogens is 1.